The molecule has 1 unspecified atom stereocenters. The van der Waals surface area contributed by atoms with Gasteiger partial charge >= 0.3 is 0 Å². The van der Waals surface area contributed by atoms with Gasteiger partial charge in [0.25, 0.3) is 11.5 Å². The Labute approximate surface area is 210 Å². The first-order valence-electron chi connectivity index (χ1n) is 11.3. The second-order valence-electron chi connectivity index (χ2n) is 8.13. The van der Waals surface area contributed by atoms with E-state index in [0.717, 1.165) is 0 Å². The molecule has 0 aliphatic carbocycles. The second-order valence-corrected chi connectivity index (χ2v) is 9.85. The van der Waals surface area contributed by atoms with Crippen LogP contribution in [0.25, 0.3) is 5.52 Å². The fourth-order valence-corrected chi connectivity index (χ4v) is 4.64. The molecule has 2 aromatic heterocycles. The maximum absolute atomic E-state index is 12.6. The number of unbranched alkanes of at least 4 members (excludes halogenated alkanes) is 1. The summed E-state index contributed by atoms with van der Waals surface area (Å²) in [5.41, 5.74) is 0.254. The van der Waals surface area contributed by atoms with E-state index >= 15 is 0 Å². The van der Waals surface area contributed by atoms with Gasteiger partial charge in [0.1, 0.15) is 5.75 Å². The SMILES string of the molecule is [B]C(=O)NCCCCOc1ccc2cc(C(=O)NCC(C)NS(=O)(=O)c3ccccc3)cc(=O)n2c1. The zero-order valence-electron chi connectivity index (χ0n) is 19.8. The number of hydrogen-bond donors (Lipinski definition) is 3. The van der Waals surface area contributed by atoms with Gasteiger partial charge in [-0.2, -0.15) is 0 Å². The molecule has 0 spiro atoms. The highest BCUT2D eigenvalue weighted by Crippen LogP contribution is 2.14. The Morgan fingerprint density at radius 2 is 1.81 bits per heavy atom. The Morgan fingerprint density at radius 1 is 1.06 bits per heavy atom. The number of carbonyl (C=O) groups is 2. The minimum absolute atomic E-state index is 0.0337. The van der Waals surface area contributed by atoms with Crippen molar-refractivity contribution in [3.8, 4) is 5.75 Å². The van der Waals surface area contributed by atoms with E-state index in [0.29, 0.717) is 37.3 Å². The minimum atomic E-state index is -3.71. The topological polar surface area (TPSA) is 135 Å². The van der Waals surface area contributed by atoms with E-state index in [9.17, 15) is 22.8 Å². The maximum Gasteiger partial charge on any atom is 0.255 e. The monoisotopic (exact) mass is 510 g/mol. The van der Waals surface area contributed by atoms with Crippen LogP contribution in [0.5, 0.6) is 5.75 Å². The lowest BCUT2D eigenvalue weighted by atomic mass is 10.1. The quantitative estimate of drug-likeness (QED) is 0.249. The number of ether oxygens (including phenoxy) is 1. The summed E-state index contributed by atoms with van der Waals surface area (Å²) >= 11 is 0. The Bertz CT molecular complexity index is 1380. The lowest BCUT2D eigenvalue weighted by molar-refractivity contribution is 0.0951. The molecule has 0 aliphatic heterocycles. The summed E-state index contributed by atoms with van der Waals surface area (Å²) in [6.07, 6.45) is 2.93. The van der Waals surface area contributed by atoms with E-state index < -0.39 is 33.3 Å². The lowest BCUT2D eigenvalue weighted by Crippen LogP contribution is -2.41. The second kappa shape index (κ2) is 12.4. The van der Waals surface area contributed by atoms with Crippen LogP contribution in [-0.4, -0.2) is 58.1 Å². The molecule has 0 fully saturated rings. The minimum Gasteiger partial charge on any atom is -0.492 e. The Hall–Kier alpha value is -3.64. The molecule has 1 atom stereocenters. The summed E-state index contributed by atoms with van der Waals surface area (Å²) in [6.45, 7) is 2.52. The van der Waals surface area contributed by atoms with Gasteiger partial charge in [0.2, 0.25) is 10.0 Å². The summed E-state index contributed by atoms with van der Waals surface area (Å²) < 4.78 is 34.4. The van der Waals surface area contributed by atoms with Crippen molar-refractivity contribution >= 4 is 35.1 Å². The van der Waals surface area contributed by atoms with Crippen molar-refractivity contribution in [2.24, 2.45) is 0 Å². The molecule has 12 heteroatoms. The fourth-order valence-electron chi connectivity index (χ4n) is 3.37. The predicted molar refractivity (Wildman–Crippen MR) is 136 cm³/mol. The van der Waals surface area contributed by atoms with E-state index in [4.69, 9.17) is 12.6 Å². The molecular formula is C24H27BN4O6S. The smallest absolute Gasteiger partial charge is 0.255 e. The van der Waals surface area contributed by atoms with Crippen LogP contribution in [0.2, 0.25) is 0 Å². The van der Waals surface area contributed by atoms with Crippen LogP contribution in [0.15, 0.2) is 70.5 Å². The Kier molecular flexibility index (Phi) is 9.26. The molecule has 0 aliphatic rings. The number of nitrogens with one attached hydrogen (secondary N) is 3. The van der Waals surface area contributed by atoms with Crippen LogP contribution >= 0.6 is 0 Å². The van der Waals surface area contributed by atoms with Crippen molar-refractivity contribution in [2.45, 2.75) is 30.7 Å². The molecular weight excluding hydrogens is 483 g/mol. The number of amides is 2. The van der Waals surface area contributed by atoms with Gasteiger partial charge in [0.15, 0.2) is 13.7 Å². The number of aromatic nitrogens is 1. The lowest BCUT2D eigenvalue weighted by Gasteiger charge is -2.15. The van der Waals surface area contributed by atoms with Gasteiger partial charge in [-0.05, 0) is 50.1 Å². The summed E-state index contributed by atoms with van der Waals surface area (Å²) in [5.74, 6) is -0.575. The van der Waals surface area contributed by atoms with Gasteiger partial charge < -0.3 is 15.4 Å². The number of hydrogen-bond acceptors (Lipinski definition) is 6. The average molecular weight is 510 g/mol. The first kappa shape index (κ1) is 27.0. The first-order valence-corrected chi connectivity index (χ1v) is 12.8. The Morgan fingerprint density at radius 3 is 2.53 bits per heavy atom. The molecule has 3 aromatic rings. The standard InChI is InChI=1S/C24H27BN4O6S/c1-17(28-36(33,34)21-7-3-2-4-8-21)15-27-23(31)18-13-19-9-10-20(16-29(19)22(30)14-18)35-12-6-5-11-26-24(25)32/h2-4,7-10,13-14,16-17,28H,5-6,11-12,15H2,1H3,(H,26,32)(H,27,31). The van der Waals surface area contributed by atoms with E-state index in [-0.39, 0.29) is 17.0 Å². The number of carbonyl (C=O) groups excluding carboxylic acids is 2. The third-order valence-electron chi connectivity index (χ3n) is 5.15. The highest BCUT2D eigenvalue weighted by Gasteiger charge is 2.18. The zero-order valence-corrected chi connectivity index (χ0v) is 20.6. The van der Waals surface area contributed by atoms with E-state index in [1.54, 1.807) is 49.5 Å². The van der Waals surface area contributed by atoms with Crippen molar-refractivity contribution in [3.63, 3.8) is 0 Å². The van der Waals surface area contributed by atoms with Crippen LogP contribution in [0, 0.1) is 0 Å². The largest absolute Gasteiger partial charge is 0.492 e. The number of sulfonamides is 1. The average Bonchev–Trinajstić information content (AvgIpc) is 2.85. The number of benzene rings is 1. The molecule has 10 nitrogen and oxygen atoms in total. The summed E-state index contributed by atoms with van der Waals surface area (Å²) in [6, 6.07) is 13.5. The normalized spacial score (nSPS) is 12.1. The van der Waals surface area contributed by atoms with Crippen molar-refractivity contribution in [2.75, 3.05) is 19.7 Å². The van der Waals surface area contributed by atoms with Gasteiger partial charge in [-0.15, -0.1) is 0 Å². The molecule has 3 N–H and O–H groups in total. The number of nitrogens with zero attached hydrogens (tertiary/aromatic N) is 1. The van der Waals surface area contributed by atoms with E-state index in [1.165, 1.54) is 22.6 Å². The number of rotatable bonds is 12. The van der Waals surface area contributed by atoms with Crippen LogP contribution in [0.4, 0.5) is 4.79 Å². The fraction of sp³-hybridized carbons (Fsp3) is 0.292. The van der Waals surface area contributed by atoms with Crippen molar-refractivity contribution < 1.29 is 22.7 Å². The molecule has 2 amide bonds. The van der Waals surface area contributed by atoms with Gasteiger partial charge in [-0.3, -0.25) is 18.8 Å². The maximum atomic E-state index is 12.6. The highest BCUT2D eigenvalue weighted by atomic mass is 32.2. The molecule has 2 radical (unpaired) electrons. The predicted octanol–water partition coefficient (Wildman–Crippen LogP) is 1.43. The van der Waals surface area contributed by atoms with Crippen LogP contribution in [0.1, 0.15) is 30.1 Å². The zero-order chi connectivity index (χ0) is 26.1. The van der Waals surface area contributed by atoms with Crippen LogP contribution in [-0.2, 0) is 10.0 Å². The van der Waals surface area contributed by atoms with Crippen LogP contribution < -0.4 is 25.7 Å². The molecule has 188 valence electrons. The molecule has 3 rings (SSSR count). The number of fused-ring (bicyclic) bond motifs is 1. The number of pyridine rings is 2. The van der Waals surface area contributed by atoms with Gasteiger partial charge in [0.05, 0.1) is 17.7 Å². The van der Waals surface area contributed by atoms with Crippen LogP contribution in [0.3, 0.4) is 0 Å². The van der Waals surface area contributed by atoms with Crippen molar-refractivity contribution in [1.82, 2.24) is 19.8 Å². The summed E-state index contributed by atoms with van der Waals surface area (Å²) in [7, 11) is 1.29. The first-order chi connectivity index (χ1) is 17.2. The highest BCUT2D eigenvalue weighted by molar-refractivity contribution is 7.89. The molecule has 0 saturated carbocycles. The van der Waals surface area contributed by atoms with Crippen molar-refractivity contribution in [3.05, 3.63) is 76.7 Å². The summed E-state index contributed by atoms with van der Waals surface area (Å²) in [4.78, 5) is 36.0. The summed E-state index contributed by atoms with van der Waals surface area (Å²) in [5, 5.41) is 5.15. The molecule has 0 bridgehead atoms. The Balaban J connectivity index is 1.56. The van der Waals surface area contributed by atoms with Crippen molar-refractivity contribution in [1.29, 1.82) is 0 Å². The molecule has 2 heterocycles. The molecule has 0 saturated heterocycles. The van der Waals surface area contributed by atoms with Gasteiger partial charge in [0, 0.05) is 36.3 Å². The van der Waals surface area contributed by atoms with E-state index in [1.807, 2.05) is 0 Å². The van der Waals surface area contributed by atoms with Gasteiger partial charge in [-0.1, -0.05) is 18.2 Å². The van der Waals surface area contributed by atoms with Gasteiger partial charge in [-0.25, -0.2) is 13.1 Å². The third-order valence-corrected chi connectivity index (χ3v) is 6.76. The third kappa shape index (κ3) is 7.69. The molecule has 36 heavy (non-hydrogen) atoms. The molecule has 1 aromatic carbocycles. The van der Waals surface area contributed by atoms with E-state index in [2.05, 4.69) is 15.4 Å².